The molecule has 2 aromatic carbocycles. The van der Waals surface area contributed by atoms with Gasteiger partial charge in [-0.25, -0.2) is 0 Å². The summed E-state index contributed by atoms with van der Waals surface area (Å²) in [4.78, 5) is 4.51. The van der Waals surface area contributed by atoms with Crippen LogP contribution in [0.5, 0.6) is 0 Å². The highest BCUT2D eigenvalue weighted by Gasteiger charge is 2.22. The highest BCUT2D eigenvalue weighted by Crippen LogP contribution is 2.35. The third-order valence-corrected chi connectivity index (χ3v) is 7.10. The van der Waals surface area contributed by atoms with Gasteiger partial charge in [0.2, 0.25) is 0 Å². The Kier molecular flexibility index (Phi) is 8.30. The van der Waals surface area contributed by atoms with Gasteiger partial charge in [-0.05, 0) is 61.8 Å². The monoisotopic (exact) mass is 466 g/mol. The van der Waals surface area contributed by atoms with Crippen LogP contribution in [0.25, 0.3) is 5.57 Å². The van der Waals surface area contributed by atoms with Gasteiger partial charge < -0.3 is 4.90 Å². The number of allylic oxidation sites excluding steroid dienone is 3. The van der Waals surface area contributed by atoms with Gasteiger partial charge in [-0.1, -0.05) is 68.5 Å². The molecule has 6 heteroatoms. The van der Waals surface area contributed by atoms with Gasteiger partial charge in [0.05, 0.1) is 0 Å². The molecule has 0 saturated heterocycles. The number of rotatable bonds is 9. The molecule has 0 fully saturated rings. The zero-order valence-electron chi connectivity index (χ0n) is 19.9. The number of hydrogen-bond acceptors (Lipinski definition) is 4. The van der Waals surface area contributed by atoms with Crippen molar-refractivity contribution in [2.75, 3.05) is 31.1 Å². The Morgan fingerprint density at radius 1 is 0.848 bits per heavy atom. The SMILES string of the molecule is CCN(CC)c1ccc(C(=C2C=CC(N(CC)CC)C=C2)c2ccccc2S(=O)(=O)O)cc1. The van der Waals surface area contributed by atoms with Gasteiger partial charge in [0.1, 0.15) is 4.90 Å². The fraction of sp³-hybridized carbons (Fsp3) is 0.333. The van der Waals surface area contributed by atoms with Crippen molar-refractivity contribution in [2.45, 2.75) is 38.6 Å². The third-order valence-electron chi connectivity index (χ3n) is 6.19. The molecule has 176 valence electrons. The summed E-state index contributed by atoms with van der Waals surface area (Å²) in [6.07, 6.45) is 8.39. The highest BCUT2D eigenvalue weighted by molar-refractivity contribution is 7.86. The second-order valence-electron chi connectivity index (χ2n) is 7.95. The Morgan fingerprint density at radius 3 is 1.94 bits per heavy atom. The van der Waals surface area contributed by atoms with E-state index in [1.165, 1.54) is 6.07 Å². The maximum absolute atomic E-state index is 12.2. The number of anilines is 1. The minimum Gasteiger partial charge on any atom is -0.372 e. The minimum atomic E-state index is -4.39. The first kappa shape index (κ1) is 25.0. The lowest BCUT2D eigenvalue weighted by molar-refractivity contribution is 0.287. The molecule has 5 nitrogen and oxygen atoms in total. The Hall–Kier alpha value is -2.67. The van der Waals surface area contributed by atoms with Crippen molar-refractivity contribution < 1.29 is 13.0 Å². The molecule has 3 rings (SSSR count). The number of nitrogens with zero attached hydrogens (tertiary/aromatic N) is 2. The summed E-state index contributed by atoms with van der Waals surface area (Å²) in [6.45, 7) is 12.2. The van der Waals surface area contributed by atoms with Gasteiger partial charge in [0.25, 0.3) is 10.1 Å². The predicted molar refractivity (Wildman–Crippen MR) is 137 cm³/mol. The second kappa shape index (κ2) is 11.0. The standard InChI is InChI=1S/C27H34N2O3S/c1-5-28(6-2)23-17-13-21(14-18-23)27(25-11-9-10-12-26(25)33(30,31)32)22-15-19-24(20-16-22)29(7-3)8-4/h9-20,23H,5-8H2,1-4H3,(H,30,31,32). The van der Waals surface area contributed by atoms with E-state index in [2.05, 4.69) is 73.9 Å². The van der Waals surface area contributed by atoms with Crippen molar-refractivity contribution in [3.8, 4) is 0 Å². The van der Waals surface area contributed by atoms with Crippen LogP contribution in [0.3, 0.4) is 0 Å². The van der Waals surface area contributed by atoms with E-state index in [0.29, 0.717) is 5.56 Å². The fourth-order valence-electron chi connectivity index (χ4n) is 4.38. The molecule has 1 aliphatic carbocycles. The Bertz CT molecular complexity index is 1120. The van der Waals surface area contributed by atoms with Crippen LogP contribution >= 0.6 is 0 Å². The Morgan fingerprint density at radius 2 is 1.42 bits per heavy atom. The van der Waals surface area contributed by atoms with Crippen LogP contribution in [0.15, 0.2) is 83.3 Å². The zero-order chi connectivity index (χ0) is 24.0. The molecule has 0 unspecified atom stereocenters. The molecule has 0 aliphatic heterocycles. The van der Waals surface area contributed by atoms with Gasteiger partial charge >= 0.3 is 0 Å². The van der Waals surface area contributed by atoms with Crippen LogP contribution in [0.1, 0.15) is 38.8 Å². The lowest BCUT2D eigenvalue weighted by atomic mass is 9.90. The lowest BCUT2D eigenvalue weighted by Crippen LogP contribution is -2.32. The van der Waals surface area contributed by atoms with E-state index in [4.69, 9.17) is 0 Å². The summed E-state index contributed by atoms with van der Waals surface area (Å²) in [5.74, 6) is 0. The van der Waals surface area contributed by atoms with E-state index in [1.807, 2.05) is 12.1 Å². The Balaban J connectivity index is 2.17. The highest BCUT2D eigenvalue weighted by atomic mass is 32.2. The van der Waals surface area contributed by atoms with Crippen molar-refractivity contribution in [1.29, 1.82) is 0 Å². The summed E-state index contributed by atoms with van der Waals surface area (Å²) in [5.41, 5.74) is 4.19. The van der Waals surface area contributed by atoms with Crippen molar-refractivity contribution in [3.63, 3.8) is 0 Å². The molecule has 0 spiro atoms. The number of hydrogen-bond donors (Lipinski definition) is 1. The quantitative estimate of drug-likeness (QED) is 0.500. The molecule has 33 heavy (non-hydrogen) atoms. The van der Waals surface area contributed by atoms with Crippen molar-refractivity contribution in [1.82, 2.24) is 4.90 Å². The van der Waals surface area contributed by atoms with Crippen LogP contribution < -0.4 is 4.90 Å². The second-order valence-corrected chi connectivity index (χ2v) is 9.34. The van der Waals surface area contributed by atoms with Crippen LogP contribution in [0, 0.1) is 0 Å². The van der Waals surface area contributed by atoms with Crippen molar-refractivity contribution in [2.24, 2.45) is 0 Å². The van der Waals surface area contributed by atoms with Gasteiger partial charge in [-0.3, -0.25) is 9.45 Å². The maximum Gasteiger partial charge on any atom is 0.295 e. The summed E-state index contributed by atoms with van der Waals surface area (Å²) >= 11 is 0. The molecule has 2 aromatic rings. The van der Waals surface area contributed by atoms with E-state index >= 15 is 0 Å². The summed E-state index contributed by atoms with van der Waals surface area (Å²) < 4.78 is 34.3. The van der Waals surface area contributed by atoms with Crippen molar-refractivity contribution >= 4 is 21.4 Å². The maximum atomic E-state index is 12.2. The molecule has 0 bridgehead atoms. The molecule has 1 aliphatic rings. The molecule has 0 atom stereocenters. The van der Waals surface area contributed by atoms with E-state index in [1.54, 1.807) is 18.2 Å². The van der Waals surface area contributed by atoms with E-state index < -0.39 is 10.1 Å². The molecule has 0 radical (unpaired) electrons. The molecular weight excluding hydrogens is 432 g/mol. The van der Waals surface area contributed by atoms with E-state index in [9.17, 15) is 13.0 Å². The van der Waals surface area contributed by atoms with Gasteiger partial charge in [0.15, 0.2) is 0 Å². The smallest absolute Gasteiger partial charge is 0.295 e. The topological polar surface area (TPSA) is 60.9 Å². The molecule has 0 aromatic heterocycles. The largest absolute Gasteiger partial charge is 0.372 e. The number of likely N-dealkylation sites (N-methyl/N-ethyl adjacent to an activating group) is 1. The molecule has 0 heterocycles. The summed E-state index contributed by atoms with van der Waals surface area (Å²) in [7, 11) is -4.39. The van der Waals surface area contributed by atoms with Gasteiger partial charge in [-0.15, -0.1) is 0 Å². The van der Waals surface area contributed by atoms with Gasteiger partial charge in [0, 0.05) is 30.4 Å². The van der Waals surface area contributed by atoms with E-state index in [-0.39, 0.29) is 10.9 Å². The summed E-state index contributed by atoms with van der Waals surface area (Å²) in [6, 6.07) is 15.0. The first-order valence-electron chi connectivity index (χ1n) is 11.6. The third kappa shape index (κ3) is 5.64. The van der Waals surface area contributed by atoms with Gasteiger partial charge in [-0.2, -0.15) is 8.42 Å². The van der Waals surface area contributed by atoms with Crippen LogP contribution in [-0.4, -0.2) is 50.1 Å². The summed E-state index contributed by atoms with van der Waals surface area (Å²) in [5, 5.41) is 0. The predicted octanol–water partition coefficient (Wildman–Crippen LogP) is 5.42. The average Bonchev–Trinajstić information content (AvgIpc) is 2.82. The average molecular weight is 467 g/mol. The molecule has 0 saturated carbocycles. The van der Waals surface area contributed by atoms with Crippen LogP contribution in [0.2, 0.25) is 0 Å². The number of benzene rings is 2. The van der Waals surface area contributed by atoms with Crippen molar-refractivity contribution in [3.05, 3.63) is 89.5 Å². The fourth-order valence-corrected chi connectivity index (χ4v) is 5.08. The molecular formula is C27H34N2O3S. The zero-order valence-corrected chi connectivity index (χ0v) is 20.7. The van der Waals surface area contributed by atoms with Crippen LogP contribution in [-0.2, 0) is 10.1 Å². The lowest BCUT2D eigenvalue weighted by Gasteiger charge is -2.27. The first-order chi connectivity index (χ1) is 15.8. The van der Waals surface area contributed by atoms with Crippen LogP contribution in [0.4, 0.5) is 5.69 Å². The normalized spacial score (nSPS) is 15.8. The Labute approximate surface area is 198 Å². The molecule has 1 N–H and O–H groups in total. The first-order valence-corrected chi connectivity index (χ1v) is 13.0. The molecule has 0 amide bonds. The van der Waals surface area contributed by atoms with E-state index in [0.717, 1.165) is 48.6 Å². The minimum absolute atomic E-state index is 0.0898.